The summed E-state index contributed by atoms with van der Waals surface area (Å²) in [6.07, 6.45) is 45.5. The molecular weight excluding hydrogens is 1320 g/mol. The predicted molar refractivity (Wildman–Crippen MR) is 361 cm³/mol. The van der Waals surface area contributed by atoms with E-state index in [4.69, 9.17) is 31.9 Å². The molecule has 0 amide bonds. The average molecular weight is 1420 g/mol. The third-order valence-corrected chi connectivity index (χ3v) is 30.4. The fraction of sp³-hybridized carbons (Fsp3) is 0.619. The van der Waals surface area contributed by atoms with Crippen LogP contribution >= 0.6 is 113 Å². The molecule has 0 saturated carbocycles. The van der Waals surface area contributed by atoms with E-state index in [1.54, 1.807) is 25.9 Å². The summed E-state index contributed by atoms with van der Waals surface area (Å²) < 4.78 is 21.1. The molecule has 2 aromatic carbocycles. The summed E-state index contributed by atoms with van der Waals surface area (Å²) in [5.41, 5.74) is 10.3. The van der Waals surface area contributed by atoms with Crippen molar-refractivity contribution < 1.29 is 0 Å². The Hall–Kier alpha value is -0.481. The number of halogens is 4. The van der Waals surface area contributed by atoms with Crippen molar-refractivity contribution in [3.05, 3.63) is 82.2 Å². The van der Waals surface area contributed by atoms with Gasteiger partial charge in [0, 0.05) is 25.4 Å². The van der Waals surface area contributed by atoms with Crippen LogP contribution in [0.15, 0.2) is 55.4 Å². The molecule has 7 rings (SSSR count). The first-order chi connectivity index (χ1) is 37.4. The number of benzene rings is 2. The number of hydrogen-bond donors (Lipinski definition) is 0. The quantitative estimate of drug-likeness (QED) is 0.0223. The van der Waals surface area contributed by atoms with Crippen LogP contribution in [-0.4, -0.2) is 35.9 Å². The van der Waals surface area contributed by atoms with E-state index in [0.717, 1.165) is 60.0 Å². The number of rotatable bonds is 36. The van der Waals surface area contributed by atoms with Crippen molar-refractivity contribution in [2.45, 2.75) is 247 Å². The number of aryl methyl sites for hydroxylation is 3. The number of hydrogen-bond acceptors (Lipinski definition) is 9. The third-order valence-electron chi connectivity index (χ3n) is 14.5. The minimum Gasteiger partial charge on any atom is -0.172 e. The average Bonchev–Trinajstić information content (AvgIpc) is 4.29. The second-order valence-corrected chi connectivity index (χ2v) is 44.0. The van der Waals surface area contributed by atoms with Gasteiger partial charge in [-0.05, 0) is 104 Å². The van der Waals surface area contributed by atoms with Crippen molar-refractivity contribution in [1.29, 1.82) is 0 Å². The smallest absolute Gasteiger partial charge is 0.121 e. The van der Waals surface area contributed by atoms with Crippen LogP contribution in [0, 0.1) is 0 Å². The van der Waals surface area contributed by atoms with Crippen molar-refractivity contribution >= 4 is 156 Å². The molecule has 5 aromatic heterocycles. The van der Waals surface area contributed by atoms with Crippen LogP contribution in [-0.2, 0) is 19.3 Å². The zero-order valence-electron chi connectivity index (χ0n) is 47.8. The monoisotopic (exact) mass is 1410 g/mol. The summed E-state index contributed by atoms with van der Waals surface area (Å²) in [5, 5.41) is 8.50. The van der Waals surface area contributed by atoms with Crippen LogP contribution in [0.3, 0.4) is 0 Å². The molecule has 4 nitrogen and oxygen atoms in total. The SMILES string of the molecule is CCCCCCCCCCCCc1cs[c]([Sn]([CH3])([CH3])[CH3])c1.CCCCCCCCCCCCc1csc(-c2cc(Cl)c(-c3cc(CCCCCCCCCCCC)cs3)c3nsnc23)c1.Clc1cc(Br)c2nsnc2c1Br. The molecule has 0 spiro atoms. The molecule has 0 bridgehead atoms. The molecule has 14 heteroatoms. The largest absolute Gasteiger partial charge is 0.172 e. The zero-order chi connectivity index (χ0) is 55.1. The molecule has 426 valence electrons. The summed E-state index contributed by atoms with van der Waals surface area (Å²) in [7, 11) is 0. The van der Waals surface area contributed by atoms with Crippen LogP contribution in [0.2, 0.25) is 24.9 Å². The summed E-state index contributed by atoms with van der Waals surface area (Å²) in [4.78, 5) is 10.0. The Morgan fingerprint density at radius 1 is 0.403 bits per heavy atom. The third kappa shape index (κ3) is 24.7. The Kier molecular flexibility index (Phi) is 34.2. The van der Waals surface area contributed by atoms with Crippen LogP contribution in [0.5, 0.6) is 0 Å². The minimum absolute atomic E-state index is 0.641. The maximum atomic E-state index is 7.01. The van der Waals surface area contributed by atoms with Gasteiger partial charge in [-0.25, -0.2) is 0 Å². The summed E-state index contributed by atoms with van der Waals surface area (Å²) in [5.74, 6) is 0. The maximum absolute atomic E-state index is 7.01. The van der Waals surface area contributed by atoms with E-state index >= 15 is 0 Å². The topological polar surface area (TPSA) is 51.6 Å². The molecule has 0 aliphatic rings. The molecule has 0 saturated heterocycles. The predicted octanol–water partition coefficient (Wildman–Crippen LogP) is 25.4. The van der Waals surface area contributed by atoms with E-state index < -0.39 is 18.4 Å². The number of thiophene rings is 3. The van der Waals surface area contributed by atoms with Crippen LogP contribution in [0.25, 0.3) is 42.9 Å². The molecule has 0 aliphatic heterocycles. The van der Waals surface area contributed by atoms with E-state index in [9.17, 15) is 0 Å². The molecule has 0 atom stereocenters. The van der Waals surface area contributed by atoms with Gasteiger partial charge in [0.05, 0.1) is 38.0 Å². The first-order valence-electron chi connectivity index (χ1n) is 29.9. The van der Waals surface area contributed by atoms with E-state index in [1.165, 1.54) is 243 Å². The van der Waals surface area contributed by atoms with Crippen molar-refractivity contribution in [3.8, 4) is 20.9 Å². The molecule has 0 radical (unpaired) electrons. The molecular formula is C63H92Br2Cl2N4S5Sn. The van der Waals surface area contributed by atoms with Crippen LogP contribution < -0.4 is 2.89 Å². The number of fused-ring (bicyclic) bond motifs is 2. The molecule has 0 unspecified atom stereocenters. The maximum Gasteiger partial charge on any atom is 0.121 e. The number of nitrogens with zero attached hydrogens (tertiary/aromatic N) is 4. The van der Waals surface area contributed by atoms with Crippen molar-refractivity contribution in [1.82, 2.24) is 17.5 Å². The Morgan fingerprint density at radius 2 is 0.779 bits per heavy atom. The molecule has 0 fully saturated rings. The number of aromatic nitrogens is 4. The minimum atomic E-state index is -1.79. The normalized spacial score (nSPS) is 11.7. The second-order valence-electron chi connectivity index (χ2n) is 22.4. The Labute approximate surface area is 518 Å². The standard InChI is InChI=1S/C38H55ClN2S3.C16H27S.C6HBr2ClN2S.3CH3.Sn/c1-3-5-7-9-11-13-15-17-19-21-23-30-25-34(42-28-30)32-27-33(39)36(38-37(32)40-44-41-38)35-26-31(29-43-35)24-22-20-18-16-14-12-10-8-6-4-2;1-2-3-4-5-6-7-8-9-10-11-12-16-13-14-17-15-16;7-2-1-3(9)4(8)6-5(2)10-12-11-6;;;;/h25-29H,3-24H2,1-2H3;13,15H,2-12H2,1H3;1H;3*1H3;. The van der Waals surface area contributed by atoms with Gasteiger partial charge in [0.2, 0.25) is 0 Å². The van der Waals surface area contributed by atoms with Gasteiger partial charge < -0.3 is 0 Å². The van der Waals surface area contributed by atoms with Crippen molar-refractivity contribution in [2.24, 2.45) is 0 Å². The van der Waals surface area contributed by atoms with Gasteiger partial charge in [0.25, 0.3) is 0 Å². The Bertz CT molecular complexity index is 2670. The first kappa shape index (κ1) is 67.3. The van der Waals surface area contributed by atoms with Gasteiger partial charge in [0.1, 0.15) is 22.1 Å². The van der Waals surface area contributed by atoms with Crippen molar-refractivity contribution in [2.75, 3.05) is 0 Å². The van der Waals surface area contributed by atoms with E-state index in [-0.39, 0.29) is 0 Å². The Balaban J connectivity index is 0.000000270. The van der Waals surface area contributed by atoms with E-state index in [1.807, 2.05) is 22.7 Å². The molecule has 0 aliphatic carbocycles. The van der Waals surface area contributed by atoms with Crippen LogP contribution in [0.1, 0.15) is 230 Å². The fourth-order valence-electron chi connectivity index (χ4n) is 9.81. The second kappa shape index (κ2) is 39.1. The summed E-state index contributed by atoms with van der Waals surface area (Å²) in [6.45, 7) is 6.87. The van der Waals surface area contributed by atoms with Gasteiger partial charge in [-0.3, -0.25) is 0 Å². The Morgan fingerprint density at radius 3 is 1.23 bits per heavy atom. The van der Waals surface area contributed by atoms with Gasteiger partial charge >= 0.3 is 122 Å². The van der Waals surface area contributed by atoms with Crippen LogP contribution in [0.4, 0.5) is 0 Å². The zero-order valence-corrected chi connectivity index (χ0v) is 59.4. The summed E-state index contributed by atoms with van der Waals surface area (Å²) in [6, 6.07) is 11.2. The van der Waals surface area contributed by atoms with Gasteiger partial charge in [-0.1, -0.05) is 172 Å². The summed E-state index contributed by atoms with van der Waals surface area (Å²) >= 11 is 26.0. The molecule has 0 N–H and O–H groups in total. The van der Waals surface area contributed by atoms with Gasteiger partial charge in [-0.15, -0.1) is 22.7 Å². The van der Waals surface area contributed by atoms with Gasteiger partial charge in [-0.2, -0.15) is 17.5 Å². The van der Waals surface area contributed by atoms with Gasteiger partial charge in [0.15, 0.2) is 0 Å². The molecule has 77 heavy (non-hydrogen) atoms. The molecule has 7 aromatic rings. The van der Waals surface area contributed by atoms with E-state index in [0.29, 0.717) is 5.02 Å². The van der Waals surface area contributed by atoms with Crippen molar-refractivity contribution in [3.63, 3.8) is 0 Å². The molecule has 5 heterocycles. The fourth-order valence-corrected chi connectivity index (χ4v) is 21.1. The van der Waals surface area contributed by atoms with E-state index in [2.05, 4.69) is 117 Å². The number of unbranched alkanes of at least 4 members (excludes halogenated alkanes) is 27. The first-order valence-corrected chi connectivity index (χ1v) is 46.3.